The van der Waals surface area contributed by atoms with E-state index in [0.29, 0.717) is 28.7 Å². The first kappa shape index (κ1) is 23.4. The summed E-state index contributed by atoms with van der Waals surface area (Å²) in [5.74, 6) is -1.26. The lowest BCUT2D eigenvalue weighted by Crippen LogP contribution is -2.25. The number of rotatable bonds is 8. The monoisotopic (exact) mass is 472 g/mol. The molecular weight excluding hydrogens is 448 g/mol. The Hall–Kier alpha value is -4.79. The molecule has 1 aromatic heterocycles. The van der Waals surface area contributed by atoms with Crippen molar-refractivity contribution < 1.29 is 25.1 Å². The predicted molar refractivity (Wildman–Crippen MR) is 133 cm³/mol. The lowest BCUT2D eigenvalue weighted by atomic mass is 10.0. The minimum atomic E-state index is -1.13. The number of ether oxygens (including phenoxy) is 1. The van der Waals surface area contributed by atoms with E-state index in [1.807, 2.05) is 72.2 Å². The highest BCUT2D eigenvalue weighted by Crippen LogP contribution is 2.35. The van der Waals surface area contributed by atoms with Crippen LogP contribution in [-0.2, 0) is 11.3 Å². The minimum absolute atomic E-state index is 0.153. The third-order valence-electron chi connectivity index (χ3n) is 5.75. The zero-order valence-electron chi connectivity index (χ0n) is 18.9. The van der Waals surface area contributed by atoms with Crippen LogP contribution in [0.15, 0.2) is 83.1 Å². The zero-order valence-corrected chi connectivity index (χ0v) is 18.9. The van der Waals surface area contributed by atoms with Crippen LogP contribution >= 0.6 is 0 Å². The van der Waals surface area contributed by atoms with Gasteiger partial charge in [0.2, 0.25) is 0 Å². The maximum Gasteiger partial charge on any atom is 0.341 e. The number of amidine groups is 1. The van der Waals surface area contributed by atoms with Crippen molar-refractivity contribution in [3.63, 3.8) is 0 Å². The molecule has 0 unspecified atom stereocenters. The average molecular weight is 473 g/mol. The third-order valence-corrected chi connectivity index (χ3v) is 5.75. The van der Waals surface area contributed by atoms with Crippen LogP contribution in [0, 0.1) is 6.92 Å². The highest BCUT2D eigenvalue weighted by molar-refractivity contribution is 6.49. The number of fused-ring (bicyclic) bond motifs is 1. The van der Waals surface area contributed by atoms with Gasteiger partial charge in [0.15, 0.2) is 18.2 Å². The Morgan fingerprint density at radius 2 is 1.63 bits per heavy atom. The number of carbonyl (C=O) groups is 1. The average Bonchev–Trinajstić information content (AvgIpc) is 3.15. The van der Waals surface area contributed by atoms with Gasteiger partial charge in [-0.05, 0) is 35.7 Å². The fraction of sp³-hybridized carbons (Fsp3) is 0.115. The molecule has 0 fully saturated rings. The molecule has 0 bridgehead atoms. The quantitative estimate of drug-likeness (QED) is 0.132. The summed E-state index contributed by atoms with van der Waals surface area (Å²) in [6, 6.07) is 23.4. The molecule has 9 nitrogen and oxygen atoms in total. The van der Waals surface area contributed by atoms with E-state index >= 15 is 0 Å². The summed E-state index contributed by atoms with van der Waals surface area (Å²) in [5, 5.41) is 34.7. The van der Waals surface area contributed by atoms with Gasteiger partial charge in [0.25, 0.3) is 0 Å². The van der Waals surface area contributed by atoms with Crippen molar-refractivity contribution in [3.05, 3.63) is 89.6 Å². The molecule has 0 atom stereocenters. The second kappa shape index (κ2) is 10.0. The van der Waals surface area contributed by atoms with Gasteiger partial charge in [0.05, 0.1) is 10.9 Å². The maximum atomic E-state index is 11.1. The van der Waals surface area contributed by atoms with E-state index in [9.17, 15) is 15.2 Å². The molecule has 1 heterocycles. The van der Waals surface area contributed by atoms with Crippen LogP contribution in [-0.4, -0.2) is 44.2 Å². The molecule has 0 aliphatic rings. The van der Waals surface area contributed by atoms with Crippen molar-refractivity contribution >= 4 is 28.4 Å². The van der Waals surface area contributed by atoms with E-state index in [0.717, 1.165) is 16.7 Å². The zero-order chi connectivity index (χ0) is 24.9. The van der Waals surface area contributed by atoms with E-state index in [-0.39, 0.29) is 11.5 Å². The molecule has 0 aliphatic heterocycles. The third kappa shape index (κ3) is 4.65. The molecule has 0 spiro atoms. The summed E-state index contributed by atoms with van der Waals surface area (Å²) in [5.41, 5.74) is 10.6. The molecule has 0 amide bonds. The molecular formula is C26H24N4O5. The topological polar surface area (TPSA) is 143 Å². The number of oxime groups is 2. The van der Waals surface area contributed by atoms with Crippen molar-refractivity contribution in [3.8, 4) is 16.9 Å². The number of nitrogens with zero attached hydrogens (tertiary/aromatic N) is 3. The van der Waals surface area contributed by atoms with Crippen LogP contribution < -0.4 is 10.5 Å². The summed E-state index contributed by atoms with van der Waals surface area (Å²) < 4.78 is 7.50. The SMILES string of the molecule is Cc1c(C(=NO)C(N)=NO)c2c(OCC(=O)O)cccc2n1Cc1ccc(-c2ccccc2)cc1. The predicted octanol–water partition coefficient (Wildman–Crippen LogP) is 4.05. The van der Waals surface area contributed by atoms with E-state index < -0.39 is 18.4 Å². The lowest BCUT2D eigenvalue weighted by molar-refractivity contribution is -0.139. The Balaban J connectivity index is 1.83. The van der Waals surface area contributed by atoms with Gasteiger partial charge in [-0.2, -0.15) is 0 Å². The number of hydrogen-bond donors (Lipinski definition) is 4. The number of nitrogens with two attached hydrogens (primary N) is 1. The molecule has 0 saturated carbocycles. The number of benzene rings is 3. The Morgan fingerprint density at radius 3 is 2.26 bits per heavy atom. The van der Waals surface area contributed by atoms with Gasteiger partial charge in [-0.25, -0.2) is 4.79 Å². The van der Waals surface area contributed by atoms with Gasteiger partial charge in [-0.15, -0.1) is 0 Å². The van der Waals surface area contributed by atoms with E-state index in [2.05, 4.69) is 10.3 Å². The fourth-order valence-electron chi connectivity index (χ4n) is 4.14. The first-order valence-electron chi connectivity index (χ1n) is 10.8. The van der Waals surface area contributed by atoms with E-state index in [1.54, 1.807) is 12.1 Å². The van der Waals surface area contributed by atoms with Gasteiger partial charge in [-0.1, -0.05) is 71.0 Å². The maximum absolute atomic E-state index is 11.1. The second-order valence-electron chi connectivity index (χ2n) is 7.88. The molecule has 9 heteroatoms. The summed E-state index contributed by atoms with van der Waals surface area (Å²) in [7, 11) is 0. The number of aliphatic carboxylic acids is 1. The molecule has 178 valence electrons. The Morgan fingerprint density at radius 1 is 0.943 bits per heavy atom. The number of carboxylic acid groups (broad SMARTS) is 1. The minimum Gasteiger partial charge on any atom is -0.481 e. The second-order valence-corrected chi connectivity index (χ2v) is 7.88. The van der Waals surface area contributed by atoms with Crippen molar-refractivity contribution in [2.45, 2.75) is 13.5 Å². The smallest absolute Gasteiger partial charge is 0.341 e. The van der Waals surface area contributed by atoms with Crippen molar-refractivity contribution in [2.24, 2.45) is 16.0 Å². The van der Waals surface area contributed by atoms with Crippen LogP contribution in [0.4, 0.5) is 0 Å². The Labute approximate surface area is 201 Å². The van der Waals surface area contributed by atoms with Crippen LogP contribution in [0.3, 0.4) is 0 Å². The largest absolute Gasteiger partial charge is 0.481 e. The van der Waals surface area contributed by atoms with Crippen LogP contribution in [0.5, 0.6) is 5.75 Å². The van der Waals surface area contributed by atoms with Crippen LogP contribution in [0.25, 0.3) is 22.0 Å². The number of hydrogen-bond acceptors (Lipinski definition) is 6. The molecule has 0 saturated heterocycles. The van der Waals surface area contributed by atoms with Gasteiger partial charge >= 0.3 is 5.97 Å². The first-order valence-corrected chi connectivity index (χ1v) is 10.8. The summed E-state index contributed by atoms with van der Waals surface area (Å²) in [6.45, 7) is 1.72. The molecule has 35 heavy (non-hydrogen) atoms. The first-order chi connectivity index (χ1) is 16.9. The number of carboxylic acids is 1. The van der Waals surface area contributed by atoms with Crippen LogP contribution in [0.1, 0.15) is 16.8 Å². The molecule has 3 aromatic carbocycles. The molecule has 0 aliphatic carbocycles. The van der Waals surface area contributed by atoms with E-state index in [1.165, 1.54) is 0 Å². The normalized spacial score (nSPS) is 12.1. The summed E-state index contributed by atoms with van der Waals surface area (Å²) in [6.07, 6.45) is 0. The molecule has 0 radical (unpaired) electrons. The van der Waals surface area contributed by atoms with Crippen LogP contribution in [0.2, 0.25) is 0 Å². The molecule has 5 N–H and O–H groups in total. The highest BCUT2D eigenvalue weighted by atomic mass is 16.5. The van der Waals surface area contributed by atoms with E-state index in [4.69, 9.17) is 15.6 Å². The fourth-order valence-corrected chi connectivity index (χ4v) is 4.14. The highest BCUT2D eigenvalue weighted by Gasteiger charge is 2.25. The Bertz CT molecular complexity index is 1420. The standard InChI is InChI=1S/C26H24N4O5/c1-16-23(25(28-33)26(27)29-34)24-20(8-5-9-21(24)35-15-22(31)32)30(16)14-17-10-12-19(13-11-17)18-6-3-2-4-7-18/h2-13,33-34H,14-15H2,1H3,(H2,27,29)(H,31,32). The summed E-state index contributed by atoms with van der Waals surface area (Å²) >= 11 is 0. The summed E-state index contributed by atoms with van der Waals surface area (Å²) in [4.78, 5) is 11.1. The molecule has 4 aromatic rings. The van der Waals surface area contributed by atoms with Crippen molar-refractivity contribution in [1.29, 1.82) is 0 Å². The lowest BCUT2D eigenvalue weighted by Gasteiger charge is -2.11. The molecule has 4 rings (SSSR count). The van der Waals surface area contributed by atoms with Crippen molar-refractivity contribution in [1.82, 2.24) is 4.57 Å². The number of aromatic nitrogens is 1. The Kier molecular flexibility index (Phi) is 6.68. The van der Waals surface area contributed by atoms with Gasteiger partial charge in [0.1, 0.15) is 5.75 Å². The van der Waals surface area contributed by atoms with Gasteiger partial charge in [0, 0.05) is 17.8 Å². The van der Waals surface area contributed by atoms with Crippen molar-refractivity contribution in [2.75, 3.05) is 6.61 Å². The van der Waals surface area contributed by atoms with Gasteiger partial charge < -0.3 is 30.6 Å². The van der Waals surface area contributed by atoms with Gasteiger partial charge in [-0.3, -0.25) is 0 Å².